The number of benzene rings is 2. The van der Waals surface area contributed by atoms with Crippen molar-refractivity contribution < 1.29 is 14.4 Å². The zero-order valence-electron chi connectivity index (χ0n) is 18.2. The number of rotatable bonds is 9. The molecule has 30 heavy (non-hydrogen) atoms. The van der Waals surface area contributed by atoms with Gasteiger partial charge in [-0.3, -0.25) is 0 Å². The number of ether oxygens (including phenoxy) is 1. The third-order valence-corrected chi connectivity index (χ3v) is 4.30. The summed E-state index contributed by atoms with van der Waals surface area (Å²) >= 11 is 0. The maximum atomic E-state index is 12.3. The topological polar surface area (TPSA) is 87.9 Å². The number of carbonyl (C=O) groups is 1. The lowest BCUT2D eigenvalue weighted by atomic mass is 10.1. The fourth-order valence-electron chi connectivity index (χ4n) is 2.63. The van der Waals surface area contributed by atoms with E-state index in [1.54, 1.807) is 0 Å². The van der Waals surface area contributed by atoms with E-state index in [9.17, 15) is 4.79 Å². The summed E-state index contributed by atoms with van der Waals surface area (Å²) in [7, 11) is 3.04. The minimum Gasteiger partial charge on any atom is -0.489 e. The molecule has 0 bridgehead atoms. The second kappa shape index (κ2) is 11.5. The van der Waals surface area contributed by atoms with E-state index in [0.717, 1.165) is 33.8 Å². The molecule has 0 heterocycles. The van der Waals surface area contributed by atoms with Crippen LogP contribution in [0.3, 0.4) is 0 Å². The van der Waals surface area contributed by atoms with E-state index in [4.69, 9.17) is 9.57 Å². The quantitative estimate of drug-likeness (QED) is 0.267. The zero-order chi connectivity index (χ0) is 21.9. The zero-order valence-corrected chi connectivity index (χ0v) is 18.2. The highest BCUT2D eigenvalue weighted by molar-refractivity contribution is 5.98. The third-order valence-electron chi connectivity index (χ3n) is 4.30. The molecule has 160 valence electrons. The van der Waals surface area contributed by atoms with Crippen molar-refractivity contribution in [3.8, 4) is 5.75 Å². The van der Waals surface area contributed by atoms with Crippen LogP contribution in [0.25, 0.3) is 0 Å². The normalized spacial score (nSPS) is 11.4. The van der Waals surface area contributed by atoms with Crippen LogP contribution in [-0.4, -0.2) is 37.5 Å². The highest BCUT2D eigenvalue weighted by Gasteiger charge is 2.13. The number of anilines is 1. The molecule has 8 nitrogen and oxygen atoms in total. The molecule has 0 aliphatic heterocycles. The molecule has 8 heteroatoms. The first kappa shape index (κ1) is 22.9. The summed E-state index contributed by atoms with van der Waals surface area (Å²) in [6.07, 6.45) is 0.909. The number of amides is 2. The lowest BCUT2D eigenvalue weighted by Gasteiger charge is -2.17. The van der Waals surface area contributed by atoms with Crippen molar-refractivity contribution in [2.75, 3.05) is 26.0 Å². The van der Waals surface area contributed by atoms with E-state index in [0.29, 0.717) is 24.7 Å². The van der Waals surface area contributed by atoms with Gasteiger partial charge < -0.3 is 14.9 Å². The van der Waals surface area contributed by atoms with Crippen LogP contribution in [0, 0.1) is 6.92 Å². The van der Waals surface area contributed by atoms with Crippen molar-refractivity contribution in [2.45, 2.75) is 33.8 Å². The minimum absolute atomic E-state index is 0.299. The van der Waals surface area contributed by atoms with Gasteiger partial charge in [0.2, 0.25) is 0 Å². The number of nitrogens with one attached hydrogen (secondary N) is 1. The number of hydrogen-bond donors (Lipinski definition) is 1. The van der Waals surface area contributed by atoms with Gasteiger partial charge in [-0.2, -0.15) is 10.1 Å². The van der Waals surface area contributed by atoms with Crippen LogP contribution in [-0.2, 0) is 11.4 Å². The van der Waals surface area contributed by atoms with Crippen LogP contribution in [0.4, 0.5) is 10.5 Å². The molecule has 0 aromatic heterocycles. The van der Waals surface area contributed by atoms with Gasteiger partial charge in [0.15, 0.2) is 0 Å². The molecule has 0 spiro atoms. The first-order chi connectivity index (χ1) is 14.5. The minimum atomic E-state index is -0.381. The van der Waals surface area contributed by atoms with Gasteiger partial charge >= 0.3 is 6.03 Å². The molecule has 2 aromatic carbocycles. The Kier molecular flexibility index (Phi) is 8.80. The van der Waals surface area contributed by atoms with Crippen molar-refractivity contribution >= 4 is 17.4 Å². The van der Waals surface area contributed by atoms with Gasteiger partial charge in [0.25, 0.3) is 0 Å². The van der Waals surface area contributed by atoms with Crippen LogP contribution >= 0.6 is 0 Å². The van der Waals surface area contributed by atoms with E-state index in [-0.39, 0.29) is 6.03 Å². The number of aryl methyl sites for hydroxylation is 1. The monoisotopic (exact) mass is 411 g/mol. The predicted molar refractivity (Wildman–Crippen MR) is 118 cm³/mol. The van der Waals surface area contributed by atoms with E-state index in [1.807, 2.05) is 63.2 Å². The molecule has 0 radical (unpaired) electrons. The highest BCUT2D eigenvalue weighted by Crippen LogP contribution is 2.23. The second-order valence-corrected chi connectivity index (χ2v) is 6.67. The summed E-state index contributed by atoms with van der Waals surface area (Å²) in [5.74, 6) is 0.704. The molecule has 0 aliphatic rings. The largest absolute Gasteiger partial charge is 0.489 e. The Hall–Kier alpha value is -3.42. The lowest BCUT2D eigenvalue weighted by Crippen LogP contribution is -2.27. The number of carbonyl (C=O) groups excluding carboxylic acids is 1. The molecule has 0 unspecified atom stereocenters. The molecule has 2 amide bonds. The van der Waals surface area contributed by atoms with Crippen molar-refractivity contribution in [3.05, 3.63) is 59.2 Å². The van der Waals surface area contributed by atoms with E-state index in [1.165, 1.54) is 14.1 Å². The second-order valence-electron chi connectivity index (χ2n) is 6.67. The van der Waals surface area contributed by atoms with Crippen LogP contribution in [0.1, 0.15) is 37.0 Å². The van der Waals surface area contributed by atoms with Crippen LogP contribution < -0.4 is 10.1 Å². The number of hydrogen-bond acceptors (Lipinski definition) is 6. The molecule has 2 aromatic rings. The smallest absolute Gasteiger partial charge is 0.343 e. The Balaban J connectivity index is 2.13. The first-order valence-electron chi connectivity index (χ1n) is 9.79. The molecular weight excluding hydrogens is 382 g/mol. The van der Waals surface area contributed by atoms with Gasteiger partial charge in [-0.1, -0.05) is 41.6 Å². The molecular formula is C22H29N5O3. The standard InChI is InChI=1S/C22H29N5O3/c1-6-13-30-25-17(3)18-10-8-11-19(14-18)29-15-20-16(2)9-7-12-21(20)24-22(28)27(5)26-23-4/h7-12,14H,6,13,15H2,1-5H3,(H,24,28). The summed E-state index contributed by atoms with van der Waals surface area (Å²) in [5, 5.41) is 15.4. The van der Waals surface area contributed by atoms with E-state index in [2.05, 4.69) is 20.8 Å². The summed E-state index contributed by atoms with van der Waals surface area (Å²) in [5.41, 5.74) is 4.27. The maximum absolute atomic E-state index is 12.3. The summed E-state index contributed by atoms with van der Waals surface area (Å²) < 4.78 is 6.02. The van der Waals surface area contributed by atoms with Gasteiger partial charge in [0.05, 0.1) is 12.8 Å². The molecule has 0 saturated carbocycles. The molecule has 2 rings (SSSR count). The summed E-state index contributed by atoms with van der Waals surface area (Å²) in [6, 6.07) is 13.0. The Labute approximate surface area is 177 Å². The van der Waals surface area contributed by atoms with Gasteiger partial charge in [-0.15, -0.1) is 0 Å². The van der Waals surface area contributed by atoms with E-state index >= 15 is 0 Å². The third kappa shape index (κ3) is 6.58. The molecule has 0 aliphatic carbocycles. The maximum Gasteiger partial charge on any atom is 0.343 e. The number of nitrogens with zero attached hydrogens (tertiary/aromatic N) is 4. The molecule has 0 saturated heterocycles. The first-order valence-corrected chi connectivity index (χ1v) is 9.79. The Morgan fingerprint density at radius 1 is 1.20 bits per heavy atom. The van der Waals surface area contributed by atoms with Crippen LogP contribution in [0.5, 0.6) is 5.75 Å². The van der Waals surface area contributed by atoms with Crippen LogP contribution in [0.2, 0.25) is 0 Å². The highest BCUT2D eigenvalue weighted by atomic mass is 16.6. The Morgan fingerprint density at radius 2 is 1.97 bits per heavy atom. The molecule has 0 fully saturated rings. The SMILES string of the molecule is CCCON=C(C)c1cccc(OCc2c(C)cccc2NC(=O)N(C)N=NC)c1. The Morgan fingerprint density at radius 3 is 2.70 bits per heavy atom. The fourth-order valence-corrected chi connectivity index (χ4v) is 2.63. The van der Waals surface area contributed by atoms with Crippen molar-refractivity contribution in [1.29, 1.82) is 0 Å². The van der Waals surface area contributed by atoms with Gasteiger partial charge in [-0.05, 0) is 44.0 Å². The fraction of sp³-hybridized carbons (Fsp3) is 0.364. The van der Waals surface area contributed by atoms with Gasteiger partial charge in [0.1, 0.15) is 19.0 Å². The van der Waals surface area contributed by atoms with Crippen LogP contribution in [0.15, 0.2) is 58.0 Å². The van der Waals surface area contributed by atoms with Gasteiger partial charge in [-0.25, -0.2) is 4.79 Å². The predicted octanol–water partition coefficient (Wildman–Crippen LogP) is 5.19. The average molecular weight is 412 g/mol. The van der Waals surface area contributed by atoms with Crippen molar-refractivity contribution in [1.82, 2.24) is 5.01 Å². The average Bonchev–Trinajstić information content (AvgIpc) is 2.73. The van der Waals surface area contributed by atoms with Gasteiger partial charge in [0, 0.05) is 23.9 Å². The summed E-state index contributed by atoms with van der Waals surface area (Å²) in [6.45, 7) is 6.79. The molecule has 0 atom stereocenters. The van der Waals surface area contributed by atoms with Crippen molar-refractivity contribution in [3.63, 3.8) is 0 Å². The van der Waals surface area contributed by atoms with E-state index < -0.39 is 0 Å². The summed E-state index contributed by atoms with van der Waals surface area (Å²) in [4.78, 5) is 17.5. The lowest BCUT2D eigenvalue weighted by molar-refractivity contribution is 0.145. The number of oxime groups is 1. The number of urea groups is 1. The van der Waals surface area contributed by atoms with Crippen molar-refractivity contribution in [2.24, 2.45) is 15.5 Å². The molecule has 1 N–H and O–H groups in total. The Bertz CT molecular complexity index is 911.